The lowest BCUT2D eigenvalue weighted by Crippen LogP contribution is -2.41. The van der Waals surface area contributed by atoms with Crippen molar-refractivity contribution in [3.05, 3.63) is 27.5 Å². The average molecular weight is 380 g/mol. The summed E-state index contributed by atoms with van der Waals surface area (Å²) < 4.78 is 4.95. The minimum atomic E-state index is -1.26. The van der Waals surface area contributed by atoms with Crippen LogP contribution in [0.3, 0.4) is 0 Å². The number of hydrogen-bond acceptors (Lipinski definition) is 5. The average Bonchev–Trinajstić information content (AvgIpc) is 2.44. The first-order chi connectivity index (χ1) is 9.85. The van der Waals surface area contributed by atoms with E-state index in [2.05, 4.69) is 31.0 Å². The van der Waals surface area contributed by atoms with Gasteiger partial charge in [0.1, 0.15) is 11.2 Å². The standard InChI is InChI=1S/C12H12BrClN2O5/c1-21-9(17)3-2-8(12(19)20)16-11(18)7-4-6(13)5-15-10(7)14/h4-5,8H,2-3H2,1H3,(H,16,18)(H,19,20). The number of carbonyl (C=O) groups is 3. The SMILES string of the molecule is COC(=O)CCC(NC(=O)c1cc(Br)cnc1Cl)C(=O)O. The first kappa shape index (κ1) is 17.4. The molecule has 9 heteroatoms. The normalized spacial score (nSPS) is 11.6. The fraction of sp³-hybridized carbons (Fsp3) is 0.333. The molecule has 0 aliphatic heterocycles. The van der Waals surface area contributed by atoms with Gasteiger partial charge in [0.2, 0.25) is 0 Å². The second-order valence-corrected chi connectivity index (χ2v) is 5.24. The fourth-order valence-electron chi connectivity index (χ4n) is 1.44. The first-order valence-electron chi connectivity index (χ1n) is 5.76. The molecule has 1 amide bonds. The largest absolute Gasteiger partial charge is 0.480 e. The van der Waals surface area contributed by atoms with Crippen LogP contribution in [0.5, 0.6) is 0 Å². The Kier molecular flexibility index (Phi) is 6.57. The Bertz CT molecular complexity index is 567. The van der Waals surface area contributed by atoms with Crippen LogP contribution < -0.4 is 5.32 Å². The number of nitrogens with zero attached hydrogens (tertiary/aromatic N) is 1. The van der Waals surface area contributed by atoms with E-state index in [0.717, 1.165) is 0 Å². The highest BCUT2D eigenvalue weighted by atomic mass is 79.9. The van der Waals surface area contributed by atoms with Crippen LogP contribution in [0.1, 0.15) is 23.2 Å². The summed E-state index contributed by atoms with van der Waals surface area (Å²) in [4.78, 5) is 37.9. The quantitative estimate of drug-likeness (QED) is 0.575. The molecule has 1 aromatic rings. The molecular weight excluding hydrogens is 367 g/mol. The molecule has 0 radical (unpaired) electrons. The van der Waals surface area contributed by atoms with Gasteiger partial charge in [-0.15, -0.1) is 0 Å². The van der Waals surface area contributed by atoms with E-state index < -0.39 is 23.9 Å². The van der Waals surface area contributed by atoms with E-state index in [1.165, 1.54) is 19.4 Å². The van der Waals surface area contributed by atoms with Crippen molar-refractivity contribution in [2.45, 2.75) is 18.9 Å². The van der Waals surface area contributed by atoms with Gasteiger partial charge in [0, 0.05) is 17.1 Å². The van der Waals surface area contributed by atoms with E-state index in [1.54, 1.807) is 0 Å². The van der Waals surface area contributed by atoms with Gasteiger partial charge in [-0.1, -0.05) is 11.6 Å². The zero-order valence-electron chi connectivity index (χ0n) is 10.9. The number of aromatic nitrogens is 1. The van der Waals surface area contributed by atoms with Crippen LogP contribution in [0.2, 0.25) is 5.15 Å². The van der Waals surface area contributed by atoms with E-state index in [0.29, 0.717) is 4.47 Å². The van der Waals surface area contributed by atoms with Crippen molar-refractivity contribution in [2.24, 2.45) is 0 Å². The molecular formula is C12H12BrClN2O5. The molecule has 0 saturated carbocycles. The number of rotatable bonds is 6. The van der Waals surface area contributed by atoms with Crippen molar-refractivity contribution in [1.82, 2.24) is 10.3 Å². The van der Waals surface area contributed by atoms with E-state index in [-0.39, 0.29) is 23.6 Å². The number of amides is 1. The number of ether oxygens (including phenoxy) is 1. The number of esters is 1. The van der Waals surface area contributed by atoms with Gasteiger partial charge in [-0.05, 0) is 28.4 Å². The molecule has 1 rings (SSSR count). The highest BCUT2D eigenvalue weighted by molar-refractivity contribution is 9.10. The Hall–Kier alpha value is -1.67. The summed E-state index contributed by atoms with van der Waals surface area (Å²) in [6.45, 7) is 0. The Morgan fingerprint density at radius 3 is 2.76 bits per heavy atom. The lowest BCUT2D eigenvalue weighted by molar-refractivity contribution is -0.142. The molecule has 2 N–H and O–H groups in total. The molecule has 0 fully saturated rings. The minimum Gasteiger partial charge on any atom is -0.480 e. The third kappa shape index (κ3) is 5.31. The van der Waals surface area contributed by atoms with Gasteiger partial charge in [0.05, 0.1) is 12.7 Å². The van der Waals surface area contributed by atoms with Gasteiger partial charge in [0.15, 0.2) is 0 Å². The molecule has 0 aromatic carbocycles. The lowest BCUT2D eigenvalue weighted by Gasteiger charge is -2.14. The van der Waals surface area contributed by atoms with E-state index in [9.17, 15) is 14.4 Å². The number of halogens is 2. The molecule has 1 aromatic heterocycles. The Morgan fingerprint density at radius 2 is 2.19 bits per heavy atom. The maximum atomic E-state index is 12.0. The molecule has 0 aliphatic carbocycles. The summed E-state index contributed by atoms with van der Waals surface area (Å²) in [5.41, 5.74) is 0.0374. The zero-order valence-corrected chi connectivity index (χ0v) is 13.3. The van der Waals surface area contributed by atoms with Crippen LogP contribution >= 0.6 is 27.5 Å². The molecule has 1 unspecified atom stereocenters. The molecule has 0 bridgehead atoms. The summed E-state index contributed by atoms with van der Waals surface area (Å²) in [6.07, 6.45) is 1.19. The van der Waals surface area contributed by atoms with Gasteiger partial charge in [0.25, 0.3) is 5.91 Å². The topological polar surface area (TPSA) is 106 Å². The molecule has 1 heterocycles. The molecule has 1 atom stereocenters. The highest BCUT2D eigenvalue weighted by Crippen LogP contribution is 2.18. The first-order valence-corrected chi connectivity index (χ1v) is 6.93. The van der Waals surface area contributed by atoms with Crippen LogP contribution in [0, 0.1) is 0 Å². The fourth-order valence-corrected chi connectivity index (χ4v) is 1.96. The lowest BCUT2D eigenvalue weighted by atomic mass is 10.1. The van der Waals surface area contributed by atoms with Gasteiger partial charge < -0.3 is 15.2 Å². The number of pyridine rings is 1. The number of methoxy groups -OCH3 is 1. The van der Waals surface area contributed by atoms with Crippen molar-refractivity contribution in [2.75, 3.05) is 7.11 Å². The number of nitrogens with one attached hydrogen (secondary N) is 1. The number of carboxylic acid groups (broad SMARTS) is 1. The number of carboxylic acids is 1. The van der Waals surface area contributed by atoms with E-state index in [1.807, 2.05) is 0 Å². The zero-order chi connectivity index (χ0) is 16.0. The van der Waals surface area contributed by atoms with Crippen LogP contribution in [0.25, 0.3) is 0 Å². The number of hydrogen-bond donors (Lipinski definition) is 2. The van der Waals surface area contributed by atoms with Crippen molar-refractivity contribution in [3.8, 4) is 0 Å². The van der Waals surface area contributed by atoms with Gasteiger partial charge in [-0.25, -0.2) is 9.78 Å². The summed E-state index contributed by atoms with van der Waals surface area (Å²) in [6, 6.07) is 0.191. The second-order valence-electron chi connectivity index (χ2n) is 3.97. The third-order valence-corrected chi connectivity index (χ3v) is 3.25. The molecule has 21 heavy (non-hydrogen) atoms. The van der Waals surface area contributed by atoms with Crippen molar-refractivity contribution < 1.29 is 24.2 Å². The number of aliphatic carboxylic acids is 1. The maximum absolute atomic E-state index is 12.0. The van der Waals surface area contributed by atoms with Crippen molar-refractivity contribution >= 4 is 45.4 Å². The molecule has 0 aliphatic rings. The highest BCUT2D eigenvalue weighted by Gasteiger charge is 2.23. The van der Waals surface area contributed by atoms with E-state index >= 15 is 0 Å². The predicted octanol–water partition coefficient (Wildman–Crippen LogP) is 1.63. The number of carbonyl (C=O) groups excluding carboxylic acids is 2. The summed E-state index contributed by atoms with van der Waals surface area (Å²) in [5.74, 6) is -2.50. The summed E-state index contributed by atoms with van der Waals surface area (Å²) in [5, 5.41) is 11.3. The molecule has 7 nitrogen and oxygen atoms in total. The minimum absolute atomic E-state index is 0.0374. The predicted molar refractivity (Wildman–Crippen MR) is 77.1 cm³/mol. The van der Waals surface area contributed by atoms with Gasteiger partial charge >= 0.3 is 11.9 Å². The third-order valence-electron chi connectivity index (χ3n) is 2.52. The monoisotopic (exact) mass is 378 g/mol. The maximum Gasteiger partial charge on any atom is 0.326 e. The van der Waals surface area contributed by atoms with Crippen LogP contribution in [-0.4, -0.2) is 41.1 Å². The summed E-state index contributed by atoms with van der Waals surface area (Å²) >= 11 is 8.93. The summed E-state index contributed by atoms with van der Waals surface area (Å²) in [7, 11) is 1.20. The molecule has 114 valence electrons. The van der Waals surface area contributed by atoms with Crippen LogP contribution in [0.15, 0.2) is 16.7 Å². The van der Waals surface area contributed by atoms with Crippen LogP contribution in [0.4, 0.5) is 0 Å². The molecule has 0 saturated heterocycles. The van der Waals surface area contributed by atoms with Gasteiger partial charge in [-0.3, -0.25) is 9.59 Å². The van der Waals surface area contributed by atoms with E-state index in [4.69, 9.17) is 16.7 Å². The van der Waals surface area contributed by atoms with Crippen molar-refractivity contribution in [1.29, 1.82) is 0 Å². The van der Waals surface area contributed by atoms with Crippen molar-refractivity contribution in [3.63, 3.8) is 0 Å². The smallest absolute Gasteiger partial charge is 0.326 e. The van der Waals surface area contributed by atoms with Crippen LogP contribution in [-0.2, 0) is 14.3 Å². The Labute approximate surface area is 133 Å². The van der Waals surface area contributed by atoms with Gasteiger partial charge in [-0.2, -0.15) is 0 Å². The second kappa shape index (κ2) is 7.94. The molecule has 0 spiro atoms. The Balaban J connectivity index is 2.79. The Morgan fingerprint density at radius 1 is 1.52 bits per heavy atom.